The average molecular weight is 312 g/mol. The predicted octanol–water partition coefficient (Wildman–Crippen LogP) is 3.55. The van der Waals surface area contributed by atoms with Crippen molar-refractivity contribution in [3.05, 3.63) is 62.4 Å². The van der Waals surface area contributed by atoms with Crippen molar-refractivity contribution in [1.82, 2.24) is 4.98 Å². The number of aromatic nitrogens is 1. The summed E-state index contributed by atoms with van der Waals surface area (Å²) in [5, 5.41) is 13.5. The van der Waals surface area contributed by atoms with Gasteiger partial charge in [0, 0.05) is 23.5 Å². The Bertz CT molecular complexity index is 691. The summed E-state index contributed by atoms with van der Waals surface area (Å²) in [6.07, 6.45) is 1.39. The van der Waals surface area contributed by atoms with Crippen LogP contribution >= 0.6 is 23.2 Å². The van der Waals surface area contributed by atoms with E-state index in [1.165, 1.54) is 36.5 Å². The van der Waals surface area contributed by atoms with E-state index in [0.717, 1.165) is 0 Å². The van der Waals surface area contributed by atoms with Gasteiger partial charge in [0.15, 0.2) is 0 Å². The minimum atomic E-state index is -0.624. The van der Waals surface area contributed by atoms with E-state index in [1.54, 1.807) is 0 Å². The third-order valence-electron chi connectivity index (χ3n) is 2.39. The monoisotopic (exact) mass is 311 g/mol. The van der Waals surface area contributed by atoms with Gasteiger partial charge < -0.3 is 5.32 Å². The number of amides is 1. The van der Waals surface area contributed by atoms with Gasteiger partial charge in [-0.15, -0.1) is 0 Å². The van der Waals surface area contributed by atoms with Crippen LogP contribution in [0, 0.1) is 10.1 Å². The van der Waals surface area contributed by atoms with Gasteiger partial charge in [0.1, 0.15) is 10.2 Å². The summed E-state index contributed by atoms with van der Waals surface area (Å²) in [6, 6.07) is 6.86. The number of carbonyl (C=O) groups excluding carboxylic acids is 1. The summed E-state index contributed by atoms with van der Waals surface area (Å²) in [5.41, 5.74) is 0.277. The van der Waals surface area contributed by atoms with Crippen LogP contribution in [0.4, 0.5) is 11.4 Å². The Kier molecular flexibility index (Phi) is 4.16. The lowest BCUT2D eigenvalue weighted by atomic mass is 10.2. The molecule has 6 nitrogen and oxygen atoms in total. The minimum absolute atomic E-state index is 0.0000421. The Morgan fingerprint density at radius 2 is 2.00 bits per heavy atom. The molecule has 0 radical (unpaired) electrons. The molecule has 0 aliphatic heterocycles. The van der Waals surface area contributed by atoms with Crippen molar-refractivity contribution in [2.75, 3.05) is 5.32 Å². The average Bonchev–Trinajstić information content (AvgIpc) is 2.40. The lowest BCUT2D eigenvalue weighted by Gasteiger charge is -2.05. The standard InChI is InChI=1S/C12H7Cl2N3O3/c13-9-2-1-8(6-10(9)17(19)20)16-12(18)7-3-4-15-11(14)5-7/h1-6H,(H,16,18). The molecule has 1 aromatic heterocycles. The van der Waals surface area contributed by atoms with Gasteiger partial charge in [0.05, 0.1) is 4.92 Å². The highest BCUT2D eigenvalue weighted by Gasteiger charge is 2.14. The Hall–Kier alpha value is -2.18. The van der Waals surface area contributed by atoms with Crippen LogP contribution in [0.3, 0.4) is 0 Å². The van der Waals surface area contributed by atoms with Crippen LogP contribution in [0.1, 0.15) is 10.4 Å². The molecule has 20 heavy (non-hydrogen) atoms. The molecule has 1 aromatic carbocycles. The first-order chi connectivity index (χ1) is 9.47. The van der Waals surface area contributed by atoms with Gasteiger partial charge in [0.25, 0.3) is 11.6 Å². The number of benzene rings is 1. The summed E-state index contributed by atoms with van der Waals surface area (Å²) in [6.45, 7) is 0. The molecule has 0 saturated carbocycles. The Labute approximate surface area is 123 Å². The molecule has 0 aliphatic carbocycles. The van der Waals surface area contributed by atoms with Gasteiger partial charge >= 0.3 is 0 Å². The zero-order valence-electron chi connectivity index (χ0n) is 9.84. The van der Waals surface area contributed by atoms with Crippen molar-refractivity contribution >= 4 is 40.5 Å². The number of nitrogens with zero attached hydrogens (tertiary/aromatic N) is 2. The first kappa shape index (κ1) is 14.2. The zero-order chi connectivity index (χ0) is 14.7. The number of nitrogens with one attached hydrogen (secondary N) is 1. The van der Waals surface area contributed by atoms with Crippen LogP contribution in [0.25, 0.3) is 0 Å². The van der Waals surface area contributed by atoms with Crippen LogP contribution in [-0.2, 0) is 0 Å². The van der Waals surface area contributed by atoms with E-state index >= 15 is 0 Å². The second kappa shape index (κ2) is 5.85. The zero-order valence-corrected chi connectivity index (χ0v) is 11.4. The van der Waals surface area contributed by atoms with Gasteiger partial charge in [-0.1, -0.05) is 23.2 Å². The van der Waals surface area contributed by atoms with E-state index in [9.17, 15) is 14.9 Å². The molecule has 1 N–H and O–H groups in total. The van der Waals surface area contributed by atoms with Crippen LogP contribution < -0.4 is 5.32 Å². The van der Waals surface area contributed by atoms with Crippen LogP contribution in [0.2, 0.25) is 10.2 Å². The maximum absolute atomic E-state index is 11.9. The quantitative estimate of drug-likeness (QED) is 0.533. The van der Waals surface area contributed by atoms with E-state index in [1.807, 2.05) is 0 Å². The number of hydrogen-bond acceptors (Lipinski definition) is 4. The van der Waals surface area contributed by atoms with Gasteiger partial charge in [-0.25, -0.2) is 4.98 Å². The van der Waals surface area contributed by atoms with Crippen molar-refractivity contribution in [3.8, 4) is 0 Å². The van der Waals surface area contributed by atoms with E-state index in [2.05, 4.69) is 10.3 Å². The predicted molar refractivity (Wildman–Crippen MR) is 75.3 cm³/mol. The summed E-state index contributed by atoms with van der Waals surface area (Å²) in [5.74, 6) is -0.453. The lowest BCUT2D eigenvalue weighted by Crippen LogP contribution is -2.12. The number of hydrogen-bond donors (Lipinski definition) is 1. The molecule has 0 fully saturated rings. The van der Waals surface area contributed by atoms with Gasteiger partial charge in [-0.3, -0.25) is 14.9 Å². The van der Waals surface area contributed by atoms with E-state index in [4.69, 9.17) is 23.2 Å². The number of anilines is 1. The van der Waals surface area contributed by atoms with E-state index in [-0.39, 0.29) is 21.6 Å². The molecule has 0 bridgehead atoms. The molecule has 2 rings (SSSR count). The van der Waals surface area contributed by atoms with Gasteiger partial charge in [-0.05, 0) is 24.3 Å². The van der Waals surface area contributed by atoms with Crippen molar-refractivity contribution in [2.45, 2.75) is 0 Å². The van der Waals surface area contributed by atoms with Gasteiger partial charge in [-0.2, -0.15) is 0 Å². The van der Waals surface area contributed by atoms with Crippen molar-refractivity contribution in [1.29, 1.82) is 0 Å². The number of halogens is 2. The minimum Gasteiger partial charge on any atom is -0.322 e. The van der Waals surface area contributed by atoms with Crippen molar-refractivity contribution in [2.24, 2.45) is 0 Å². The summed E-state index contributed by atoms with van der Waals surface area (Å²) >= 11 is 11.4. The second-order valence-electron chi connectivity index (χ2n) is 3.74. The fraction of sp³-hybridized carbons (Fsp3) is 0. The van der Waals surface area contributed by atoms with Crippen LogP contribution in [0.15, 0.2) is 36.5 Å². The fourth-order valence-corrected chi connectivity index (χ4v) is 1.84. The number of nitro benzene ring substituents is 1. The number of carbonyl (C=O) groups is 1. The largest absolute Gasteiger partial charge is 0.322 e. The van der Waals surface area contributed by atoms with Gasteiger partial charge in [0.2, 0.25) is 0 Å². The smallest absolute Gasteiger partial charge is 0.289 e. The summed E-state index contributed by atoms with van der Waals surface area (Å²) in [4.78, 5) is 25.8. The molecular weight excluding hydrogens is 305 g/mol. The highest BCUT2D eigenvalue weighted by atomic mass is 35.5. The third kappa shape index (κ3) is 3.23. The normalized spacial score (nSPS) is 10.1. The van der Waals surface area contributed by atoms with E-state index < -0.39 is 10.8 Å². The molecule has 0 unspecified atom stereocenters. The number of nitro groups is 1. The lowest BCUT2D eigenvalue weighted by molar-refractivity contribution is -0.384. The Morgan fingerprint density at radius 1 is 1.25 bits per heavy atom. The second-order valence-corrected chi connectivity index (χ2v) is 4.54. The Morgan fingerprint density at radius 3 is 2.65 bits per heavy atom. The third-order valence-corrected chi connectivity index (χ3v) is 2.92. The number of rotatable bonds is 3. The molecule has 1 amide bonds. The maximum atomic E-state index is 11.9. The first-order valence-corrected chi connectivity index (χ1v) is 6.10. The van der Waals surface area contributed by atoms with E-state index in [0.29, 0.717) is 5.56 Å². The van der Waals surface area contributed by atoms with Crippen molar-refractivity contribution in [3.63, 3.8) is 0 Å². The molecule has 0 atom stereocenters. The molecule has 2 aromatic rings. The van der Waals surface area contributed by atoms with Crippen LogP contribution in [0.5, 0.6) is 0 Å². The molecule has 0 saturated heterocycles. The Balaban J connectivity index is 2.24. The topological polar surface area (TPSA) is 85.1 Å². The molecule has 8 heteroatoms. The maximum Gasteiger partial charge on any atom is 0.289 e. The molecular formula is C12H7Cl2N3O3. The molecule has 102 valence electrons. The first-order valence-electron chi connectivity index (χ1n) is 5.34. The highest BCUT2D eigenvalue weighted by molar-refractivity contribution is 6.32. The van der Waals surface area contributed by atoms with Crippen LogP contribution in [-0.4, -0.2) is 15.8 Å². The fourth-order valence-electron chi connectivity index (χ4n) is 1.48. The summed E-state index contributed by atoms with van der Waals surface area (Å²) < 4.78 is 0. The molecule has 0 aliphatic rings. The van der Waals surface area contributed by atoms with Crippen molar-refractivity contribution < 1.29 is 9.72 Å². The molecule has 0 spiro atoms. The highest BCUT2D eigenvalue weighted by Crippen LogP contribution is 2.27. The molecule has 1 heterocycles. The SMILES string of the molecule is O=C(Nc1ccc(Cl)c([N+](=O)[O-])c1)c1ccnc(Cl)c1. The number of pyridine rings is 1. The summed E-state index contributed by atoms with van der Waals surface area (Å²) in [7, 11) is 0.